The zero-order valence-electron chi connectivity index (χ0n) is 15.3. The first-order valence-corrected chi connectivity index (χ1v) is 8.38. The normalized spacial score (nSPS) is 11.7. The number of ether oxygens (including phenoxy) is 1. The third kappa shape index (κ3) is 5.16. The summed E-state index contributed by atoms with van der Waals surface area (Å²) in [6.45, 7) is 1.64. The van der Waals surface area contributed by atoms with E-state index in [1.54, 1.807) is 6.92 Å². The predicted octanol–water partition coefficient (Wildman–Crippen LogP) is 4.72. The Bertz CT molecular complexity index is 918. The second kappa shape index (κ2) is 8.52. The van der Waals surface area contributed by atoms with E-state index in [1.165, 1.54) is 31.2 Å². The van der Waals surface area contributed by atoms with Gasteiger partial charge in [-0.05, 0) is 42.8 Å². The van der Waals surface area contributed by atoms with Crippen LogP contribution in [0.1, 0.15) is 33.0 Å². The number of benzene rings is 1. The largest absolute Gasteiger partial charge is 0.465 e. The number of halogens is 4. The highest BCUT2D eigenvalue weighted by molar-refractivity contribution is 6.32. The molecule has 1 amide bonds. The monoisotopic (exact) mass is 415 g/mol. The Balaban J connectivity index is 2.12. The summed E-state index contributed by atoms with van der Waals surface area (Å²) in [6, 6.07) is 4.33. The van der Waals surface area contributed by atoms with E-state index in [4.69, 9.17) is 16.0 Å². The molecule has 0 bridgehead atoms. The highest BCUT2D eigenvalue weighted by Crippen LogP contribution is 2.32. The maximum atomic E-state index is 12.8. The van der Waals surface area contributed by atoms with Gasteiger partial charge in [-0.2, -0.15) is 13.2 Å². The van der Waals surface area contributed by atoms with E-state index in [0.717, 1.165) is 24.3 Å². The third-order valence-electron chi connectivity index (χ3n) is 3.87. The maximum absolute atomic E-state index is 12.8. The van der Waals surface area contributed by atoms with Crippen LogP contribution in [-0.4, -0.2) is 30.9 Å². The lowest BCUT2D eigenvalue weighted by Crippen LogP contribution is -2.23. The average molecular weight is 416 g/mol. The highest BCUT2D eigenvalue weighted by Gasteiger charge is 2.30. The molecule has 0 aliphatic heterocycles. The summed E-state index contributed by atoms with van der Waals surface area (Å²) in [5, 5.41) is 0.0871. The first kappa shape index (κ1) is 21.6. The van der Waals surface area contributed by atoms with Crippen molar-refractivity contribution in [1.29, 1.82) is 0 Å². The highest BCUT2D eigenvalue weighted by atomic mass is 35.5. The van der Waals surface area contributed by atoms with Crippen molar-refractivity contribution in [2.24, 2.45) is 0 Å². The lowest BCUT2D eigenvalue weighted by atomic mass is 10.1. The van der Waals surface area contributed by atoms with E-state index in [-0.39, 0.29) is 22.7 Å². The molecule has 0 atom stereocenters. The van der Waals surface area contributed by atoms with Crippen molar-refractivity contribution in [3.05, 3.63) is 63.6 Å². The molecule has 1 heterocycles. The van der Waals surface area contributed by atoms with Crippen molar-refractivity contribution in [3.8, 4) is 0 Å². The van der Waals surface area contributed by atoms with Crippen LogP contribution in [0.25, 0.3) is 6.08 Å². The standard InChI is InChI=1S/C19H17ClF3NO4/c1-11-15(18(26)27-3)9-14(28-11)10-24(2)17(25)7-4-12-8-13(19(21,22)23)5-6-16(12)20/h4-9H,10H2,1-3H3/b7-4+. The molecule has 9 heteroatoms. The number of rotatable bonds is 5. The number of hydrogen-bond donors (Lipinski definition) is 0. The van der Waals surface area contributed by atoms with E-state index in [9.17, 15) is 22.8 Å². The van der Waals surface area contributed by atoms with Crippen molar-refractivity contribution < 1.29 is 31.9 Å². The molecule has 1 aromatic carbocycles. The molecule has 2 aromatic rings. The fourth-order valence-electron chi connectivity index (χ4n) is 2.38. The molecule has 28 heavy (non-hydrogen) atoms. The number of methoxy groups -OCH3 is 1. The Kier molecular flexibility index (Phi) is 6.56. The molecule has 0 saturated carbocycles. The average Bonchev–Trinajstić information content (AvgIpc) is 2.99. The zero-order chi connectivity index (χ0) is 21.1. The molecule has 5 nitrogen and oxygen atoms in total. The van der Waals surface area contributed by atoms with E-state index in [2.05, 4.69) is 4.74 Å². The molecule has 1 aromatic heterocycles. The van der Waals surface area contributed by atoms with Crippen molar-refractivity contribution in [2.45, 2.75) is 19.6 Å². The van der Waals surface area contributed by atoms with E-state index in [0.29, 0.717) is 11.5 Å². The number of carbonyl (C=O) groups excluding carboxylic acids is 2. The van der Waals surface area contributed by atoms with Gasteiger partial charge in [-0.3, -0.25) is 4.79 Å². The predicted molar refractivity (Wildman–Crippen MR) is 96.7 cm³/mol. The first-order chi connectivity index (χ1) is 13.0. The molecular weight excluding hydrogens is 399 g/mol. The van der Waals surface area contributed by atoms with Gasteiger partial charge in [-0.25, -0.2) is 4.79 Å². The van der Waals surface area contributed by atoms with E-state index >= 15 is 0 Å². The fraction of sp³-hybridized carbons (Fsp3) is 0.263. The molecule has 2 rings (SSSR count). The summed E-state index contributed by atoms with van der Waals surface area (Å²) in [7, 11) is 2.73. The van der Waals surface area contributed by atoms with Crippen LogP contribution in [0, 0.1) is 6.92 Å². The smallest absolute Gasteiger partial charge is 0.416 e. The summed E-state index contributed by atoms with van der Waals surface area (Å²) in [6.07, 6.45) is -2.19. The molecule has 0 radical (unpaired) electrons. The number of aryl methyl sites for hydroxylation is 1. The van der Waals surface area contributed by atoms with Crippen LogP contribution in [0.5, 0.6) is 0 Å². The van der Waals surface area contributed by atoms with Crippen LogP contribution >= 0.6 is 11.6 Å². The summed E-state index contributed by atoms with van der Waals surface area (Å²) >= 11 is 5.90. The lowest BCUT2D eigenvalue weighted by molar-refractivity contribution is -0.137. The molecule has 0 N–H and O–H groups in total. The molecule has 0 aliphatic carbocycles. The van der Waals surface area contributed by atoms with Gasteiger partial charge in [0, 0.05) is 18.1 Å². The summed E-state index contributed by atoms with van der Waals surface area (Å²) < 4.78 is 48.5. The summed E-state index contributed by atoms with van der Waals surface area (Å²) in [5.74, 6) is -0.323. The topological polar surface area (TPSA) is 59.8 Å². The second-order valence-corrected chi connectivity index (χ2v) is 6.34. The summed E-state index contributed by atoms with van der Waals surface area (Å²) in [4.78, 5) is 25.1. The van der Waals surface area contributed by atoms with Gasteiger partial charge in [-0.1, -0.05) is 11.6 Å². The van der Waals surface area contributed by atoms with Crippen LogP contribution in [0.2, 0.25) is 5.02 Å². The molecule has 0 spiro atoms. The fourth-order valence-corrected chi connectivity index (χ4v) is 2.56. The lowest BCUT2D eigenvalue weighted by Gasteiger charge is -2.13. The second-order valence-electron chi connectivity index (χ2n) is 5.94. The number of furan rings is 1. The number of alkyl halides is 3. The van der Waals surface area contributed by atoms with Crippen LogP contribution in [0.15, 0.2) is 34.8 Å². The van der Waals surface area contributed by atoms with Crippen LogP contribution in [0.4, 0.5) is 13.2 Å². The number of amides is 1. The zero-order valence-corrected chi connectivity index (χ0v) is 16.0. The molecule has 0 aliphatic rings. The van der Waals surface area contributed by atoms with Gasteiger partial charge in [0.1, 0.15) is 17.1 Å². The van der Waals surface area contributed by atoms with E-state index < -0.39 is 23.6 Å². The van der Waals surface area contributed by atoms with E-state index in [1.807, 2.05) is 0 Å². The Morgan fingerprint density at radius 3 is 2.57 bits per heavy atom. The number of carbonyl (C=O) groups is 2. The number of likely N-dealkylation sites (N-methyl/N-ethyl adjacent to an activating group) is 1. The van der Waals surface area contributed by atoms with Crippen molar-refractivity contribution in [3.63, 3.8) is 0 Å². The Morgan fingerprint density at radius 1 is 1.29 bits per heavy atom. The molecule has 0 fully saturated rings. The minimum Gasteiger partial charge on any atom is -0.465 e. The Morgan fingerprint density at radius 2 is 1.96 bits per heavy atom. The van der Waals surface area contributed by atoms with Gasteiger partial charge in [0.15, 0.2) is 0 Å². The molecule has 0 saturated heterocycles. The minimum absolute atomic E-state index is 0.0529. The van der Waals surface area contributed by atoms with Gasteiger partial charge in [0.05, 0.1) is 19.2 Å². The summed E-state index contributed by atoms with van der Waals surface area (Å²) in [5.41, 5.74) is -0.538. The number of esters is 1. The quantitative estimate of drug-likeness (QED) is 0.523. The first-order valence-electron chi connectivity index (χ1n) is 8.00. The van der Waals surface area contributed by atoms with Gasteiger partial charge in [0.2, 0.25) is 5.91 Å². The van der Waals surface area contributed by atoms with Gasteiger partial charge < -0.3 is 14.1 Å². The van der Waals surface area contributed by atoms with Gasteiger partial charge in [-0.15, -0.1) is 0 Å². The maximum Gasteiger partial charge on any atom is 0.416 e. The SMILES string of the molecule is COC(=O)c1cc(CN(C)C(=O)/C=C/c2cc(C(F)(F)F)ccc2Cl)oc1C. The van der Waals surface area contributed by atoms with Crippen molar-refractivity contribution >= 4 is 29.6 Å². The molecule has 150 valence electrons. The third-order valence-corrected chi connectivity index (χ3v) is 4.22. The molecular formula is C19H17ClF3NO4. The van der Waals surface area contributed by atoms with Crippen molar-refractivity contribution in [1.82, 2.24) is 4.90 Å². The van der Waals surface area contributed by atoms with Crippen LogP contribution < -0.4 is 0 Å². The number of nitrogens with zero attached hydrogens (tertiary/aromatic N) is 1. The minimum atomic E-state index is -4.51. The van der Waals surface area contributed by atoms with Crippen LogP contribution in [-0.2, 0) is 22.3 Å². The van der Waals surface area contributed by atoms with Crippen LogP contribution in [0.3, 0.4) is 0 Å². The molecule has 0 unspecified atom stereocenters. The van der Waals surface area contributed by atoms with Gasteiger partial charge in [0.25, 0.3) is 0 Å². The Labute approximate surface area is 164 Å². The van der Waals surface area contributed by atoms with Gasteiger partial charge >= 0.3 is 12.1 Å². The Hall–Kier alpha value is -2.74. The van der Waals surface area contributed by atoms with Crippen molar-refractivity contribution in [2.75, 3.05) is 14.2 Å². The number of hydrogen-bond acceptors (Lipinski definition) is 4.